The monoisotopic (exact) mass is 656 g/mol. The van der Waals surface area contributed by atoms with Crippen LogP contribution in [0.15, 0.2) is 15.4 Å². The topological polar surface area (TPSA) is 94.3 Å². The molecule has 0 aliphatic carbocycles. The Bertz CT molecular complexity index is 1420. The van der Waals surface area contributed by atoms with Crippen molar-refractivity contribution in [3.05, 3.63) is 10.8 Å². The van der Waals surface area contributed by atoms with Crippen LogP contribution in [-0.4, -0.2) is 50.0 Å². The number of benzene rings is 1. The second kappa shape index (κ2) is 15.9. The van der Waals surface area contributed by atoms with E-state index in [2.05, 4.69) is 24.2 Å². The van der Waals surface area contributed by atoms with Crippen molar-refractivity contribution in [3.8, 4) is 55.4 Å². The van der Waals surface area contributed by atoms with Gasteiger partial charge in [-0.15, -0.1) is 22.7 Å². The van der Waals surface area contributed by atoms with E-state index in [4.69, 9.17) is 33.1 Å². The summed E-state index contributed by atoms with van der Waals surface area (Å²) in [7, 11) is 0. The summed E-state index contributed by atoms with van der Waals surface area (Å²) in [6, 6.07) is 0. The third-order valence-electron chi connectivity index (χ3n) is 8.17. The van der Waals surface area contributed by atoms with E-state index in [9.17, 15) is 0 Å². The molecule has 4 aromatic rings. The third kappa shape index (κ3) is 7.14. The Morgan fingerprint density at radius 1 is 0.578 bits per heavy atom. The fourth-order valence-corrected chi connectivity index (χ4v) is 7.79. The summed E-state index contributed by atoms with van der Waals surface area (Å²) in [6.45, 7) is 7.57. The van der Waals surface area contributed by atoms with E-state index in [1.165, 1.54) is 51.4 Å². The number of hydrogen-bond donors (Lipinski definition) is 0. The highest BCUT2D eigenvalue weighted by Gasteiger charge is 2.34. The van der Waals surface area contributed by atoms with Crippen molar-refractivity contribution in [1.29, 1.82) is 0 Å². The quantitative estimate of drug-likeness (QED) is 0.0970. The van der Waals surface area contributed by atoms with Crippen LogP contribution in [-0.2, 0) is 0 Å². The Morgan fingerprint density at radius 3 is 1.47 bits per heavy atom. The maximum Gasteiger partial charge on any atom is 0.180 e. The van der Waals surface area contributed by atoms with E-state index in [1.807, 2.05) is 10.8 Å². The van der Waals surface area contributed by atoms with Crippen molar-refractivity contribution in [3.63, 3.8) is 0 Å². The van der Waals surface area contributed by atoms with Crippen molar-refractivity contribution in [1.82, 2.24) is 10.3 Å². The summed E-state index contributed by atoms with van der Waals surface area (Å²) in [6.07, 6.45) is 14.0. The van der Waals surface area contributed by atoms with Gasteiger partial charge in [-0.3, -0.25) is 0 Å². The van der Waals surface area contributed by atoms with Crippen LogP contribution < -0.4 is 28.4 Å². The number of rotatable bonds is 18. The van der Waals surface area contributed by atoms with Crippen LogP contribution >= 0.6 is 22.7 Å². The zero-order valence-corrected chi connectivity index (χ0v) is 28.1. The first kappa shape index (κ1) is 31.8. The zero-order valence-electron chi connectivity index (χ0n) is 26.5. The minimum absolute atomic E-state index is 0.475. The number of thiophene rings is 2. The minimum Gasteiger partial charge on any atom is -0.489 e. The van der Waals surface area contributed by atoms with Gasteiger partial charge in [-0.05, 0) is 23.2 Å². The number of aromatic nitrogens is 2. The molecule has 0 spiro atoms. The molecule has 5 heterocycles. The standard InChI is InChI=1S/C34H44N2O7S2/c1-3-5-7-9-11-13-15-39-31-25(33-29-23(21-44-33)37-17-19-41-29)27-28(36-43-35-27)26(32(31)40-16-14-12-10-8-6-4-2)34-30-24(22-45-34)38-18-20-42-30/h21-22H,3-20H2,1-2H3. The van der Waals surface area contributed by atoms with Crippen LogP contribution in [0.2, 0.25) is 0 Å². The van der Waals surface area contributed by atoms with Gasteiger partial charge in [-0.1, -0.05) is 78.1 Å². The van der Waals surface area contributed by atoms with E-state index in [0.717, 1.165) is 58.1 Å². The summed E-state index contributed by atoms with van der Waals surface area (Å²) in [5.74, 6) is 4.10. The molecule has 6 rings (SSSR count). The van der Waals surface area contributed by atoms with E-state index in [-0.39, 0.29) is 0 Å². The molecular formula is C34H44N2O7S2. The first-order valence-corrected chi connectivity index (χ1v) is 18.4. The van der Waals surface area contributed by atoms with Crippen molar-refractivity contribution in [2.45, 2.75) is 90.9 Å². The molecule has 0 amide bonds. The van der Waals surface area contributed by atoms with E-state index < -0.39 is 0 Å². The molecule has 0 atom stereocenters. The van der Waals surface area contributed by atoms with Crippen LogP contribution in [0.5, 0.6) is 34.5 Å². The molecule has 0 fully saturated rings. The van der Waals surface area contributed by atoms with Gasteiger partial charge in [0.25, 0.3) is 0 Å². The van der Waals surface area contributed by atoms with Crippen molar-refractivity contribution in [2.24, 2.45) is 0 Å². The van der Waals surface area contributed by atoms with Crippen LogP contribution in [0.1, 0.15) is 90.9 Å². The number of hydrogen-bond acceptors (Lipinski definition) is 11. The van der Waals surface area contributed by atoms with Crippen molar-refractivity contribution in [2.75, 3.05) is 39.6 Å². The molecule has 0 saturated carbocycles. The van der Waals surface area contributed by atoms with E-state index in [1.54, 1.807) is 22.7 Å². The molecule has 2 aliphatic heterocycles. The molecule has 45 heavy (non-hydrogen) atoms. The molecule has 0 radical (unpaired) electrons. The second-order valence-corrected chi connectivity index (χ2v) is 13.3. The van der Waals surface area contributed by atoms with Crippen molar-refractivity contribution >= 4 is 33.7 Å². The highest BCUT2D eigenvalue weighted by Crippen LogP contribution is 2.58. The first-order valence-electron chi connectivity index (χ1n) is 16.6. The SMILES string of the molecule is CCCCCCCCOc1c(OCCCCCCCC)c(-c2scc3c2OCCO3)c2nonc2c1-c1scc2c1OCCO2. The predicted molar refractivity (Wildman–Crippen MR) is 178 cm³/mol. The summed E-state index contributed by atoms with van der Waals surface area (Å²) in [5.41, 5.74) is 2.71. The molecule has 9 nitrogen and oxygen atoms in total. The third-order valence-corrected chi connectivity index (χ3v) is 10.1. The Labute approximate surface area is 273 Å². The van der Waals surface area contributed by atoms with Crippen LogP contribution in [0.25, 0.3) is 31.9 Å². The van der Waals surface area contributed by atoms with Gasteiger partial charge in [-0.25, -0.2) is 4.63 Å². The van der Waals surface area contributed by atoms with Crippen LogP contribution in [0.3, 0.4) is 0 Å². The molecule has 1 aromatic carbocycles. The highest BCUT2D eigenvalue weighted by molar-refractivity contribution is 7.15. The molecule has 2 aliphatic rings. The van der Waals surface area contributed by atoms with Crippen LogP contribution in [0, 0.1) is 0 Å². The zero-order chi connectivity index (χ0) is 30.8. The fraction of sp³-hybridized carbons (Fsp3) is 0.588. The Morgan fingerprint density at radius 2 is 1.00 bits per heavy atom. The maximum atomic E-state index is 6.77. The molecule has 0 N–H and O–H groups in total. The highest BCUT2D eigenvalue weighted by atomic mass is 32.1. The smallest absolute Gasteiger partial charge is 0.180 e. The lowest BCUT2D eigenvalue weighted by atomic mass is 10.0. The maximum absolute atomic E-state index is 6.77. The fourth-order valence-electron chi connectivity index (χ4n) is 5.84. The number of ether oxygens (including phenoxy) is 6. The number of unbranched alkanes of at least 4 members (excludes halogenated alkanes) is 10. The molecule has 244 valence electrons. The van der Waals surface area contributed by atoms with Crippen molar-refractivity contribution < 1.29 is 33.1 Å². The van der Waals surface area contributed by atoms with Crippen LogP contribution in [0.4, 0.5) is 0 Å². The van der Waals surface area contributed by atoms with Gasteiger partial charge < -0.3 is 28.4 Å². The van der Waals surface area contributed by atoms with E-state index >= 15 is 0 Å². The van der Waals surface area contributed by atoms with Gasteiger partial charge in [0.1, 0.15) is 37.5 Å². The molecule has 0 saturated heterocycles. The summed E-state index contributed by atoms with van der Waals surface area (Å²) >= 11 is 3.08. The largest absolute Gasteiger partial charge is 0.489 e. The van der Waals surface area contributed by atoms with Gasteiger partial charge in [0.05, 0.1) is 34.1 Å². The Balaban J connectivity index is 1.43. The van der Waals surface area contributed by atoms with Gasteiger partial charge in [0, 0.05) is 10.8 Å². The average molecular weight is 657 g/mol. The lowest BCUT2D eigenvalue weighted by Gasteiger charge is -2.22. The minimum atomic E-state index is 0.475. The lowest BCUT2D eigenvalue weighted by Crippen LogP contribution is -2.15. The van der Waals surface area contributed by atoms with Gasteiger partial charge >= 0.3 is 0 Å². The molecular weight excluding hydrogens is 613 g/mol. The second-order valence-electron chi connectivity index (χ2n) is 11.5. The first-order chi connectivity index (χ1) is 22.3. The summed E-state index contributed by atoms with van der Waals surface area (Å²) in [5, 5.41) is 12.8. The average Bonchev–Trinajstić information content (AvgIpc) is 3.83. The summed E-state index contributed by atoms with van der Waals surface area (Å²) in [4.78, 5) is 1.74. The van der Waals surface area contributed by atoms with Gasteiger partial charge in [0.2, 0.25) is 0 Å². The molecule has 0 bridgehead atoms. The number of fused-ring (bicyclic) bond motifs is 3. The molecule has 11 heteroatoms. The predicted octanol–water partition coefficient (Wildman–Crippen LogP) is 9.70. The number of nitrogens with zero attached hydrogens (tertiary/aromatic N) is 2. The summed E-state index contributed by atoms with van der Waals surface area (Å²) < 4.78 is 43.1. The molecule has 3 aromatic heterocycles. The van der Waals surface area contributed by atoms with Gasteiger partial charge in [0.15, 0.2) is 34.5 Å². The van der Waals surface area contributed by atoms with Gasteiger partial charge in [-0.2, -0.15) is 0 Å². The lowest BCUT2D eigenvalue weighted by molar-refractivity contribution is 0.174. The normalized spacial score (nSPS) is 13.8. The van der Waals surface area contributed by atoms with E-state index in [0.29, 0.717) is 73.7 Å². The molecule has 0 unspecified atom stereocenters. The Kier molecular flexibility index (Phi) is 11.2. The Hall–Kier alpha value is -3.18.